The summed E-state index contributed by atoms with van der Waals surface area (Å²) in [7, 11) is 0. The van der Waals surface area contributed by atoms with Crippen LogP contribution < -0.4 is 5.32 Å². The smallest absolute Gasteiger partial charge is 0.0429 e. The van der Waals surface area contributed by atoms with Gasteiger partial charge in [0, 0.05) is 15.4 Å². The van der Waals surface area contributed by atoms with Crippen LogP contribution >= 0.6 is 27.3 Å². The summed E-state index contributed by atoms with van der Waals surface area (Å²) in [5.41, 5.74) is 2.86. The van der Waals surface area contributed by atoms with Crippen LogP contribution in [0.1, 0.15) is 41.8 Å². The van der Waals surface area contributed by atoms with Crippen LogP contribution in [0.25, 0.3) is 0 Å². The van der Waals surface area contributed by atoms with Crippen molar-refractivity contribution in [2.75, 3.05) is 6.54 Å². The molecule has 0 amide bonds. The van der Waals surface area contributed by atoms with Crippen molar-refractivity contribution in [3.63, 3.8) is 0 Å². The number of benzene rings is 1. The van der Waals surface area contributed by atoms with E-state index in [0.29, 0.717) is 6.04 Å². The summed E-state index contributed by atoms with van der Waals surface area (Å²) < 4.78 is 1.24. The third-order valence-electron chi connectivity index (χ3n) is 3.57. The van der Waals surface area contributed by atoms with E-state index in [4.69, 9.17) is 0 Å². The molecular weight excluding hydrogens is 330 g/mol. The van der Waals surface area contributed by atoms with Gasteiger partial charge in [-0.15, -0.1) is 11.3 Å². The van der Waals surface area contributed by atoms with Crippen LogP contribution in [-0.4, -0.2) is 6.54 Å². The predicted octanol–water partition coefficient (Wildman–Crippen LogP) is 5.49. The lowest BCUT2D eigenvalue weighted by Gasteiger charge is -2.18. The molecule has 1 N–H and O–H groups in total. The minimum Gasteiger partial charge on any atom is -0.309 e. The van der Waals surface area contributed by atoms with Gasteiger partial charge in [0.25, 0.3) is 0 Å². The van der Waals surface area contributed by atoms with E-state index in [0.717, 1.165) is 19.4 Å². The van der Waals surface area contributed by atoms with Crippen LogP contribution in [0.3, 0.4) is 0 Å². The Morgan fingerprint density at radius 1 is 1.25 bits per heavy atom. The standard InChI is InChI=1S/C17H22BrNS/c1-3-11-19-16(17-15(18)10-12-20-17)9-8-14-7-5-4-6-13(14)2/h4-7,10,12,16,19H,3,8-9,11H2,1-2H3. The van der Waals surface area contributed by atoms with Crippen molar-refractivity contribution in [3.8, 4) is 0 Å². The first-order valence-corrected chi connectivity index (χ1v) is 8.90. The maximum atomic E-state index is 3.68. The predicted molar refractivity (Wildman–Crippen MR) is 92.6 cm³/mol. The van der Waals surface area contributed by atoms with Crippen LogP contribution in [-0.2, 0) is 6.42 Å². The number of hydrogen-bond acceptors (Lipinski definition) is 2. The Morgan fingerprint density at radius 2 is 2.05 bits per heavy atom. The Balaban J connectivity index is 2.05. The summed E-state index contributed by atoms with van der Waals surface area (Å²) in [6, 6.07) is 11.3. The van der Waals surface area contributed by atoms with Gasteiger partial charge >= 0.3 is 0 Å². The Morgan fingerprint density at radius 3 is 2.70 bits per heavy atom. The molecule has 0 fully saturated rings. The highest BCUT2D eigenvalue weighted by atomic mass is 79.9. The fourth-order valence-electron chi connectivity index (χ4n) is 2.39. The molecule has 1 nitrogen and oxygen atoms in total. The third-order valence-corrected chi connectivity index (χ3v) is 5.55. The lowest BCUT2D eigenvalue weighted by atomic mass is 10.0. The van der Waals surface area contributed by atoms with Gasteiger partial charge in [0.2, 0.25) is 0 Å². The zero-order chi connectivity index (χ0) is 14.4. The van der Waals surface area contributed by atoms with Gasteiger partial charge in [0.15, 0.2) is 0 Å². The van der Waals surface area contributed by atoms with E-state index in [9.17, 15) is 0 Å². The normalized spacial score (nSPS) is 12.6. The summed E-state index contributed by atoms with van der Waals surface area (Å²) in [6.45, 7) is 5.49. The second kappa shape index (κ2) is 7.96. The van der Waals surface area contributed by atoms with Crippen molar-refractivity contribution >= 4 is 27.3 Å². The van der Waals surface area contributed by atoms with Gasteiger partial charge in [-0.1, -0.05) is 31.2 Å². The van der Waals surface area contributed by atoms with Crippen molar-refractivity contribution in [1.82, 2.24) is 5.32 Å². The third kappa shape index (κ3) is 4.18. The molecule has 1 heterocycles. The van der Waals surface area contributed by atoms with Crippen LogP contribution in [0.15, 0.2) is 40.2 Å². The molecule has 1 aromatic heterocycles. The molecule has 0 aliphatic heterocycles. The molecule has 20 heavy (non-hydrogen) atoms. The van der Waals surface area contributed by atoms with Crippen molar-refractivity contribution in [3.05, 3.63) is 56.2 Å². The molecule has 108 valence electrons. The second-order valence-electron chi connectivity index (χ2n) is 5.10. The first-order valence-electron chi connectivity index (χ1n) is 7.23. The molecule has 0 aliphatic rings. The quantitative estimate of drug-likeness (QED) is 0.694. The van der Waals surface area contributed by atoms with E-state index >= 15 is 0 Å². The highest BCUT2D eigenvalue weighted by Gasteiger charge is 2.15. The summed E-state index contributed by atoms with van der Waals surface area (Å²) >= 11 is 5.51. The van der Waals surface area contributed by atoms with Gasteiger partial charge in [0.05, 0.1) is 0 Å². The zero-order valence-corrected chi connectivity index (χ0v) is 14.6. The van der Waals surface area contributed by atoms with Gasteiger partial charge in [0.1, 0.15) is 0 Å². The number of halogens is 1. The van der Waals surface area contributed by atoms with Gasteiger partial charge in [-0.2, -0.15) is 0 Å². The van der Waals surface area contributed by atoms with Crippen LogP contribution in [0, 0.1) is 6.92 Å². The number of thiophene rings is 1. The SMILES string of the molecule is CCCNC(CCc1ccccc1C)c1sccc1Br. The molecule has 2 aromatic rings. The summed E-state index contributed by atoms with van der Waals surface area (Å²) in [4.78, 5) is 1.42. The Bertz CT molecular complexity index is 535. The average Bonchev–Trinajstić information content (AvgIpc) is 2.87. The van der Waals surface area contributed by atoms with E-state index in [1.54, 1.807) is 0 Å². The molecule has 0 bridgehead atoms. The molecule has 3 heteroatoms. The second-order valence-corrected chi connectivity index (χ2v) is 6.91. The largest absolute Gasteiger partial charge is 0.309 e. The highest BCUT2D eigenvalue weighted by molar-refractivity contribution is 9.10. The van der Waals surface area contributed by atoms with Gasteiger partial charge in [-0.05, 0) is 71.2 Å². The molecule has 0 saturated heterocycles. The van der Waals surface area contributed by atoms with Crippen LogP contribution in [0.2, 0.25) is 0 Å². The molecule has 0 radical (unpaired) electrons. The van der Waals surface area contributed by atoms with E-state index in [-0.39, 0.29) is 0 Å². The maximum absolute atomic E-state index is 3.68. The number of hydrogen-bond donors (Lipinski definition) is 1. The number of aryl methyl sites for hydroxylation is 2. The van der Waals surface area contributed by atoms with Gasteiger partial charge in [-0.25, -0.2) is 0 Å². The first-order chi connectivity index (χ1) is 9.72. The Labute approximate surface area is 134 Å². The van der Waals surface area contributed by atoms with Crippen molar-refractivity contribution in [2.45, 2.75) is 39.2 Å². The van der Waals surface area contributed by atoms with Gasteiger partial charge < -0.3 is 5.32 Å². The molecule has 0 aliphatic carbocycles. The monoisotopic (exact) mass is 351 g/mol. The summed E-state index contributed by atoms with van der Waals surface area (Å²) in [5.74, 6) is 0. The Kier molecular flexibility index (Phi) is 6.27. The minimum atomic E-state index is 0.448. The summed E-state index contributed by atoms with van der Waals surface area (Å²) in [6.07, 6.45) is 3.44. The molecule has 2 rings (SSSR count). The molecule has 1 unspecified atom stereocenters. The number of rotatable bonds is 7. The van der Waals surface area contributed by atoms with E-state index in [1.165, 1.54) is 26.9 Å². The highest BCUT2D eigenvalue weighted by Crippen LogP contribution is 2.31. The van der Waals surface area contributed by atoms with Crippen molar-refractivity contribution < 1.29 is 0 Å². The minimum absolute atomic E-state index is 0.448. The Hall–Kier alpha value is -0.640. The average molecular weight is 352 g/mol. The van der Waals surface area contributed by atoms with E-state index < -0.39 is 0 Å². The number of nitrogens with one attached hydrogen (secondary N) is 1. The molecule has 1 atom stereocenters. The zero-order valence-electron chi connectivity index (χ0n) is 12.2. The van der Waals surface area contributed by atoms with E-state index in [2.05, 4.69) is 70.8 Å². The lowest BCUT2D eigenvalue weighted by Crippen LogP contribution is -2.22. The molecule has 0 spiro atoms. The van der Waals surface area contributed by atoms with E-state index in [1.807, 2.05) is 11.3 Å². The molecule has 1 aromatic carbocycles. The fraction of sp³-hybridized carbons (Fsp3) is 0.412. The van der Waals surface area contributed by atoms with Crippen LogP contribution in [0.4, 0.5) is 0 Å². The van der Waals surface area contributed by atoms with Crippen molar-refractivity contribution in [1.29, 1.82) is 0 Å². The maximum Gasteiger partial charge on any atom is 0.0429 e. The first kappa shape index (κ1) is 15.7. The lowest BCUT2D eigenvalue weighted by molar-refractivity contribution is 0.504. The van der Waals surface area contributed by atoms with Crippen molar-refractivity contribution in [2.24, 2.45) is 0 Å². The summed E-state index contributed by atoms with van der Waals surface area (Å²) in [5, 5.41) is 5.84. The topological polar surface area (TPSA) is 12.0 Å². The molecular formula is C17H22BrNS. The van der Waals surface area contributed by atoms with Gasteiger partial charge in [-0.3, -0.25) is 0 Å². The fourth-order valence-corrected chi connectivity index (χ4v) is 4.15. The van der Waals surface area contributed by atoms with Crippen LogP contribution in [0.5, 0.6) is 0 Å². The molecule has 0 saturated carbocycles.